The van der Waals surface area contributed by atoms with Gasteiger partial charge in [0.25, 0.3) is 11.5 Å². The number of hydrogen-bond donors (Lipinski definition) is 2. The number of pyridine rings is 1. The monoisotopic (exact) mass is 367 g/mol. The molecule has 27 heavy (non-hydrogen) atoms. The number of nitrogens with one attached hydrogen (secondary N) is 1. The first-order valence-electron chi connectivity index (χ1n) is 9.25. The number of carbonyl (C=O) groups excluding carboxylic acids is 2. The number of aryl methyl sites for hydroxylation is 1. The van der Waals surface area contributed by atoms with Crippen LogP contribution in [0.3, 0.4) is 0 Å². The van der Waals surface area contributed by atoms with Crippen molar-refractivity contribution in [1.82, 2.24) is 9.88 Å². The summed E-state index contributed by atoms with van der Waals surface area (Å²) in [6.45, 7) is 3.63. The third kappa shape index (κ3) is 3.52. The van der Waals surface area contributed by atoms with Gasteiger partial charge >= 0.3 is 0 Å². The van der Waals surface area contributed by atoms with Crippen LogP contribution in [0.25, 0.3) is 0 Å². The molecule has 3 N–H and O–H groups in total. The lowest BCUT2D eigenvalue weighted by Crippen LogP contribution is -2.56. The molecule has 1 aromatic heterocycles. The Morgan fingerprint density at radius 2 is 1.78 bits per heavy atom. The molecule has 1 aliphatic carbocycles. The van der Waals surface area contributed by atoms with E-state index in [1.165, 1.54) is 0 Å². The smallest absolute Gasteiger partial charge is 0.264 e. The molecule has 1 saturated carbocycles. The Morgan fingerprint density at radius 3 is 2.37 bits per heavy atom. The molecule has 2 aromatic rings. The van der Waals surface area contributed by atoms with Gasteiger partial charge in [-0.3, -0.25) is 14.4 Å². The third-order valence-electron chi connectivity index (χ3n) is 5.54. The maximum Gasteiger partial charge on any atom is 0.264 e. The molecule has 6 heteroatoms. The van der Waals surface area contributed by atoms with Gasteiger partial charge in [-0.2, -0.15) is 0 Å². The van der Waals surface area contributed by atoms with Crippen molar-refractivity contribution in [2.24, 2.45) is 5.73 Å². The lowest BCUT2D eigenvalue weighted by Gasteiger charge is -2.27. The molecule has 0 aliphatic heterocycles. The van der Waals surface area contributed by atoms with Crippen molar-refractivity contribution in [3.8, 4) is 0 Å². The van der Waals surface area contributed by atoms with Gasteiger partial charge in [0.2, 0.25) is 5.91 Å². The summed E-state index contributed by atoms with van der Waals surface area (Å²) in [7, 11) is 0. The quantitative estimate of drug-likeness (QED) is 0.849. The fraction of sp³-hybridized carbons (Fsp3) is 0.381. The number of nitrogens with zero attached hydrogens (tertiary/aromatic N) is 1. The lowest BCUT2D eigenvalue weighted by molar-refractivity contribution is -0.123. The van der Waals surface area contributed by atoms with Crippen LogP contribution in [0.4, 0.5) is 0 Å². The number of carbonyl (C=O) groups is 2. The Kier molecular flexibility index (Phi) is 5.17. The predicted molar refractivity (Wildman–Crippen MR) is 104 cm³/mol. The molecule has 1 heterocycles. The van der Waals surface area contributed by atoms with Crippen LogP contribution in [-0.4, -0.2) is 21.9 Å². The molecule has 1 atom stereocenters. The minimum absolute atomic E-state index is 0.0628. The minimum Gasteiger partial charge on any atom is -0.368 e. The average molecular weight is 367 g/mol. The van der Waals surface area contributed by atoms with E-state index >= 15 is 0 Å². The van der Waals surface area contributed by atoms with Crippen molar-refractivity contribution in [2.75, 3.05) is 0 Å². The summed E-state index contributed by atoms with van der Waals surface area (Å²) in [6, 6.07) is 11.2. The average Bonchev–Trinajstić information content (AvgIpc) is 3.12. The molecular weight excluding hydrogens is 342 g/mol. The summed E-state index contributed by atoms with van der Waals surface area (Å²) in [6.07, 6.45) is 4.37. The fourth-order valence-electron chi connectivity index (χ4n) is 3.81. The molecular formula is C21H25N3O3. The standard InChI is InChI=1S/C21H25N3O3/c1-14-10-13-24(15(2)16-8-4-3-5-9-16)19(26)17(14)18(25)23-21(20(22)27)11-6-7-12-21/h3-5,8-10,13,15H,6-7,11-12H2,1-2H3,(H2,22,27)(H,23,25). The van der Waals surface area contributed by atoms with E-state index < -0.39 is 17.4 Å². The predicted octanol–water partition coefficient (Wildman–Crippen LogP) is 2.29. The van der Waals surface area contributed by atoms with E-state index in [4.69, 9.17) is 5.73 Å². The second kappa shape index (κ2) is 7.39. The highest BCUT2D eigenvalue weighted by molar-refractivity contribution is 5.99. The number of hydrogen-bond acceptors (Lipinski definition) is 3. The van der Waals surface area contributed by atoms with Crippen molar-refractivity contribution in [1.29, 1.82) is 0 Å². The maximum atomic E-state index is 13.1. The molecule has 0 spiro atoms. The minimum atomic E-state index is -1.05. The van der Waals surface area contributed by atoms with E-state index in [9.17, 15) is 14.4 Å². The van der Waals surface area contributed by atoms with E-state index in [0.29, 0.717) is 18.4 Å². The Hall–Kier alpha value is -2.89. The lowest BCUT2D eigenvalue weighted by atomic mass is 9.95. The summed E-state index contributed by atoms with van der Waals surface area (Å²) < 4.78 is 1.54. The molecule has 0 bridgehead atoms. The number of amides is 2. The van der Waals surface area contributed by atoms with Crippen LogP contribution < -0.4 is 16.6 Å². The van der Waals surface area contributed by atoms with Gasteiger partial charge in [0.15, 0.2) is 0 Å². The Bertz CT molecular complexity index is 912. The van der Waals surface area contributed by atoms with Gasteiger partial charge < -0.3 is 15.6 Å². The van der Waals surface area contributed by atoms with Crippen molar-refractivity contribution >= 4 is 11.8 Å². The van der Waals surface area contributed by atoms with Crippen molar-refractivity contribution < 1.29 is 9.59 Å². The number of primary amides is 1. The van der Waals surface area contributed by atoms with Gasteiger partial charge in [0.05, 0.1) is 6.04 Å². The zero-order valence-electron chi connectivity index (χ0n) is 15.7. The van der Waals surface area contributed by atoms with Gasteiger partial charge in [-0.1, -0.05) is 43.2 Å². The van der Waals surface area contributed by atoms with Crippen molar-refractivity contribution in [3.63, 3.8) is 0 Å². The summed E-state index contributed by atoms with van der Waals surface area (Å²) in [5.41, 5.74) is 5.73. The first-order chi connectivity index (χ1) is 12.9. The van der Waals surface area contributed by atoms with Crippen LogP contribution in [0.15, 0.2) is 47.4 Å². The van der Waals surface area contributed by atoms with E-state index in [0.717, 1.165) is 18.4 Å². The topological polar surface area (TPSA) is 94.2 Å². The SMILES string of the molecule is Cc1ccn(C(C)c2ccccc2)c(=O)c1C(=O)NC1(C(N)=O)CCCC1. The van der Waals surface area contributed by atoms with Crippen LogP contribution in [0.1, 0.15) is 60.1 Å². The molecule has 1 fully saturated rings. The van der Waals surface area contributed by atoms with Gasteiger partial charge in [-0.15, -0.1) is 0 Å². The Balaban J connectivity index is 1.97. The molecule has 0 radical (unpaired) electrons. The van der Waals surface area contributed by atoms with Crippen LogP contribution in [0, 0.1) is 6.92 Å². The van der Waals surface area contributed by atoms with Crippen molar-refractivity contribution in [3.05, 3.63) is 69.6 Å². The van der Waals surface area contributed by atoms with E-state index in [2.05, 4.69) is 5.32 Å². The largest absolute Gasteiger partial charge is 0.368 e. The van der Waals surface area contributed by atoms with Gasteiger partial charge in [0.1, 0.15) is 11.1 Å². The molecule has 2 amide bonds. The van der Waals surface area contributed by atoms with E-state index in [1.54, 1.807) is 23.8 Å². The summed E-state index contributed by atoms with van der Waals surface area (Å²) in [4.78, 5) is 38.0. The molecule has 6 nitrogen and oxygen atoms in total. The molecule has 142 valence electrons. The van der Waals surface area contributed by atoms with E-state index in [-0.39, 0.29) is 17.2 Å². The van der Waals surface area contributed by atoms with Gasteiger partial charge in [-0.25, -0.2) is 0 Å². The van der Waals surface area contributed by atoms with Gasteiger partial charge in [0, 0.05) is 6.20 Å². The fourth-order valence-corrected chi connectivity index (χ4v) is 3.81. The highest BCUT2D eigenvalue weighted by Crippen LogP contribution is 2.29. The van der Waals surface area contributed by atoms with Crippen molar-refractivity contribution in [2.45, 2.75) is 51.1 Å². The number of rotatable bonds is 5. The second-order valence-corrected chi connectivity index (χ2v) is 7.28. The zero-order valence-corrected chi connectivity index (χ0v) is 15.7. The van der Waals surface area contributed by atoms with Crippen LogP contribution in [-0.2, 0) is 4.79 Å². The van der Waals surface area contributed by atoms with Crippen LogP contribution >= 0.6 is 0 Å². The second-order valence-electron chi connectivity index (χ2n) is 7.28. The van der Waals surface area contributed by atoms with Gasteiger partial charge in [-0.05, 0) is 43.9 Å². The molecule has 0 saturated heterocycles. The highest BCUT2D eigenvalue weighted by atomic mass is 16.2. The molecule has 1 aromatic carbocycles. The van der Waals surface area contributed by atoms with Crippen LogP contribution in [0.2, 0.25) is 0 Å². The summed E-state index contributed by atoms with van der Waals surface area (Å²) in [5, 5.41) is 2.77. The number of benzene rings is 1. The number of nitrogens with two attached hydrogens (primary N) is 1. The Labute approximate surface area is 158 Å². The first kappa shape index (κ1) is 18.9. The first-order valence-corrected chi connectivity index (χ1v) is 9.25. The third-order valence-corrected chi connectivity index (χ3v) is 5.54. The summed E-state index contributed by atoms with van der Waals surface area (Å²) in [5.74, 6) is -1.08. The Morgan fingerprint density at radius 1 is 1.15 bits per heavy atom. The highest BCUT2D eigenvalue weighted by Gasteiger charge is 2.41. The zero-order chi connectivity index (χ0) is 19.6. The number of aromatic nitrogens is 1. The van der Waals surface area contributed by atoms with Crippen LogP contribution in [0.5, 0.6) is 0 Å². The maximum absolute atomic E-state index is 13.1. The normalized spacial score (nSPS) is 16.7. The molecule has 3 rings (SSSR count). The van der Waals surface area contributed by atoms with E-state index in [1.807, 2.05) is 37.3 Å². The summed E-state index contributed by atoms with van der Waals surface area (Å²) >= 11 is 0. The molecule has 1 aliphatic rings. The molecule has 1 unspecified atom stereocenters.